The van der Waals surface area contributed by atoms with Crippen LogP contribution in [0.2, 0.25) is 10.0 Å². The molecule has 1 heterocycles. The first kappa shape index (κ1) is 13.4. The maximum Gasteiger partial charge on any atom is 0.258 e. The SMILES string of the molecule is O=C(Nc1ccc2c(c1)CCC2)c1c(Cl)cncc1Cl. The third-order valence-corrected chi connectivity index (χ3v) is 4.01. The number of aromatic nitrogens is 1. The normalized spacial score (nSPS) is 13.1. The number of pyridine rings is 1. The Labute approximate surface area is 126 Å². The van der Waals surface area contributed by atoms with Gasteiger partial charge in [-0.25, -0.2) is 0 Å². The van der Waals surface area contributed by atoms with Gasteiger partial charge in [0.05, 0.1) is 15.6 Å². The van der Waals surface area contributed by atoms with Crippen molar-refractivity contribution in [1.29, 1.82) is 0 Å². The highest BCUT2D eigenvalue weighted by molar-refractivity contribution is 6.40. The summed E-state index contributed by atoms with van der Waals surface area (Å²) in [6, 6.07) is 5.99. The molecule has 0 fully saturated rings. The standard InChI is InChI=1S/C15H12Cl2N2O/c16-12-7-18-8-13(17)14(12)15(20)19-11-5-4-9-2-1-3-10(9)6-11/h4-8H,1-3H2,(H,19,20). The van der Waals surface area contributed by atoms with Gasteiger partial charge < -0.3 is 5.32 Å². The van der Waals surface area contributed by atoms with Crippen LogP contribution in [0.3, 0.4) is 0 Å². The molecule has 1 aliphatic carbocycles. The van der Waals surface area contributed by atoms with E-state index in [4.69, 9.17) is 23.2 Å². The summed E-state index contributed by atoms with van der Waals surface area (Å²) in [5.41, 5.74) is 3.68. The molecule has 1 aromatic carbocycles. The van der Waals surface area contributed by atoms with Gasteiger partial charge in [-0.2, -0.15) is 0 Å². The van der Waals surface area contributed by atoms with E-state index in [9.17, 15) is 4.79 Å². The summed E-state index contributed by atoms with van der Waals surface area (Å²) in [6.07, 6.45) is 6.17. The molecule has 1 N–H and O–H groups in total. The molecule has 0 saturated carbocycles. The number of fused-ring (bicyclic) bond motifs is 1. The molecule has 3 rings (SSSR count). The Kier molecular flexibility index (Phi) is 3.64. The Balaban J connectivity index is 1.86. The summed E-state index contributed by atoms with van der Waals surface area (Å²) in [7, 11) is 0. The Morgan fingerprint density at radius 1 is 1.10 bits per heavy atom. The molecule has 2 aromatic rings. The lowest BCUT2D eigenvalue weighted by atomic mass is 10.1. The Hall–Kier alpha value is -1.58. The van der Waals surface area contributed by atoms with E-state index in [1.807, 2.05) is 12.1 Å². The van der Waals surface area contributed by atoms with E-state index in [1.165, 1.54) is 29.9 Å². The van der Waals surface area contributed by atoms with Crippen molar-refractivity contribution in [1.82, 2.24) is 4.98 Å². The number of carbonyl (C=O) groups is 1. The van der Waals surface area contributed by atoms with Gasteiger partial charge in [0, 0.05) is 18.1 Å². The number of nitrogens with zero attached hydrogens (tertiary/aromatic N) is 1. The van der Waals surface area contributed by atoms with Crippen molar-refractivity contribution in [2.75, 3.05) is 5.32 Å². The molecule has 102 valence electrons. The summed E-state index contributed by atoms with van der Waals surface area (Å²) in [5, 5.41) is 3.33. The van der Waals surface area contributed by atoms with Gasteiger partial charge in [0.2, 0.25) is 0 Å². The van der Waals surface area contributed by atoms with E-state index in [0.717, 1.165) is 18.5 Å². The fraction of sp³-hybridized carbons (Fsp3) is 0.200. The average molecular weight is 307 g/mol. The van der Waals surface area contributed by atoms with E-state index in [1.54, 1.807) is 0 Å². The van der Waals surface area contributed by atoms with Gasteiger partial charge in [-0.3, -0.25) is 9.78 Å². The number of hydrogen-bond donors (Lipinski definition) is 1. The molecule has 0 saturated heterocycles. The first-order valence-electron chi connectivity index (χ1n) is 6.37. The lowest BCUT2D eigenvalue weighted by Gasteiger charge is -2.09. The molecule has 1 aromatic heterocycles. The average Bonchev–Trinajstić information content (AvgIpc) is 2.85. The maximum absolute atomic E-state index is 12.2. The highest BCUT2D eigenvalue weighted by atomic mass is 35.5. The Morgan fingerprint density at radius 2 is 1.80 bits per heavy atom. The molecule has 0 spiro atoms. The van der Waals surface area contributed by atoms with Gasteiger partial charge in [-0.05, 0) is 42.5 Å². The Morgan fingerprint density at radius 3 is 2.55 bits per heavy atom. The van der Waals surface area contributed by atoms with Gasteiger partial charge in [-0.15, -0.1) is 0 Å². The zero-order valence-corrected chi connectivity index (χ0v) is 12.1. The summed E-state index contributed by atoms with van der Waals surface area (Å²) < 4.78 is 0. The number of rotatable bonds is 2. The maximum atomic E-state index is 12.2. The van der Waals surface area contributed by atoms with Crippen molar-refractivity contribution in [2.45, 2.75) is 19.3 Å². The summed E-state index contributed by atoms with van der Waals surface area (Å²) in [4.78, 5) is 16.1. The van der Waals surface area contributed by atoms with E-state index < -0.39 is 0 Å². The molecule has 0 radical (unpaired) electrons. The monoisotopic (exact) mass is 306 g/mol. The fourth-order valence-electron chi connectivity index (χ4n) is 2.47. The van der Waals surface area contributed by atoms with Crippen molar-refractivity contribution in [2.24, 2.45) is 0 Å². The van der Waals surface area contributed by atoms with Gasteiger partial charge in [0.15, 0.2) is 0 Å². The van der Waals surface area contributed by atoms with E-state index in [0.29, 0.717) is 0 Å². The summed E-state index contributed by atoms with van der Waals surface area (Å²) >= 11 is 12.0. The van der Waals surface area contributed by atoms with Gasteiger partial charge in [-0.1, -0.05) is 29.3 Å². The van der Waals surface area contributed by atoms with E-state index >= 15 is 0 Å². The van der Waals surface area contributed by atoms with Crippen molar-refractivity contribution in [3.63, 3.8) is 0 Å². The van der Waals surface area contributed by atoms with Gasteiger partial charge in [0.1, 0.15) is 0 Å². The number of aryl methyl sites for hydroxylation is 2. The highest BCUT2D eigenvalue weighted by Gasteiger charge is 2.16. The third-order valence-electron chi connectivity index (χ3n) is 3.44. The van der Waals surface area contributed by atoms with Crippen LogP contribution in [-0.4, -0.2) is 10.9 Å². The zero-order valence-electron chi connectivity index (χ0n) is 10.6. The van der Waals surface area contributed by atoms with Crippen molar-refractivity contribution < 1.29 is 4.79 Å². The molecule has 3 nitrogen and oxygen atoms in total. The van der Waals surface area contributed by atoms with E-state index in [2.05, 4.69) is 16.4 Å². The van der Waals surface area contributed by atoms with Crippen LogP contribution in [0.1, 0.15) is 27.9 Å². The molecular formula is C15H12Cl2N2O. The van der Waals surface area contributed by atoms with Crippen molar-refractivity contribution >= 4 is 34.8 Å². The van der Waals surface area contributed by atoms with Crippen molar-refractivity contribution in [3.8, 4) is 0 Å². The number of halogens is 2. The Bertz CT molecular complexity index is 665. The molecule has 0 aliphatic heterocycles. The largest absolute Gasteiger partial charge is 0.322 e. The minimum absolute atomic E-state index is 0.246. The fourth-order valence-corrected chi connectivity index (χ4v) is 3.01. The first-order valence-corrected chi connectivity index (χ1v) is 7.13. The number of anilines is 1. The molecule has 1 amide bonds. The van der Waals surface area contributed by atoms with Gasteiger partial charge >= 0.3 is 0 Å². The van der Waals surface area contributed by atoms with E-state index in [-0.39, 0.29) is 21.5 Å². The minimum Gasteiger partial charge on any atom is -0.322 e. The molecule has 0 unspecified atom stereocenters. The quantitative estimate of drug-likeness (QED) is 0.906. The van der Waals surface area contributed by atoms with Crippen LogP contribution in [-0.2, 0) is 12.8 Å². The smallest absolute Gasteiger partial charge is 0.258 e. The second kappa shape index (κ2) is 5.43. The van der Waals surface area contributed by atoms with Crippen LogP contribution in [0.15, 0.2) is 30.6 Å². The zero-order chi connectivity index (χ0) is 14.1. The van der Waals surface area contributed by atoms with Crippen LogP contribution in [0.5, 0.6) is 0 Å². The van der Waals surface area contributed by atoms with Crippen LogP contribution in [0, 0.1) is 0 Å². The molecule has 20 heavy (non-hydrogen) atoms. The van der Waals surface area contributed by atoms with Crippen LogP contribution < -0.4 is 5.32 Å². The minimum atomic E-state index is -0.319. The first-order chi connectivity index (χ1) is 9.65. The second-order valence-corrected chi connectivity index (χ2v) is 5.58. The van der Waals surface area contributed by atoms with Crippen molar-refractivity contribution in [3.05, 3.63) is 57.3 Å². The third kappa shape index (κ3) is 2.51. The number of hydrogen-bond acceptors (Lipinski definition) is 2. The number of amides is 1. The summed E-state index contributed by atoms with van der Waals surface area (Å²) in [6.45, 7) is 0. The van der Waals surface area contributed by atoms with Crippen LogP contribution in [0.4, 0.5) is 5.69 Å². The molecule has 1 aliphatic rings. The molecular weight excluding hydrogens is 295 g/mol. The van der Waals surface area contributed by atoms with Crippen LogP contribution >= 0.6 is 23.2 Å². The number of carbonyl (C=O) groups excluding carboxylic acids is 1. The highest BCUT2D eigenvalue weighted by Crippen LogP contribution is 2.27. The lowest BCUT2D eigenvalue weighted by molar-refractivity contribution is 0.102. The second-order valence-electron chi connectivity index (χ2n) is 4.77. The predicted octanol–water partition coefficient (Wildman–Crippen LogP) is 4.13. The molecule has 0 bridgehead atoms. The molecule has 0 atom stereocenters. The van der Waals surface area contributed by atoms with Gasteiger partial charge in [0.25, 0.3) is 5.91 Å². The number of nitrogens with one attached hydrogen (secondary N) is 1. The number of benzene rings is 1. The molecule has 5 heteroatoms. The van der Waals surface area contributed by atoms with Crippen LogP contribution in [0.25, 0.3) is 0 Å². The predicted molar refractivity (Wildman–Crippen MR) is 80.7 cm³/mol. The lowest BCUT2D eigenvalue weighted by Crippen LogP contribution is -2.13. The topological polar surface area (TPSA) is 42.0 Å². The summed E-state index contributed by atoms with van der Waals surface area (Å²) in [5.74, 6) is -0.319.